The second-order valence-electron chi connectivity index (χ2n) is 11.5. The molecule has 1 fully saturated rings. The minimum atomic E-state index is -2.28. The van der Waals surface area contributed by atoms with E-state index in [1.165, 1.54) is 45.3 Å². The molecule has 4 aromatic rings. The molecule has 7 nitrogen and oxygen atoms in total. The quantitative estimate of drug-likeness (QED) is 0.0902. The van der Waals surface area contributed by atoms with E-state index in [-0.39, 0.29) is 9.75 Å². The van der Waals surface area contributed by atoms with E-state index in [0.717, 1.165) is 58.0 Å². The third-order valence-electron chi connectivity index (χ3n) is 8.48. The van der Waals surface area contributed by atoms with Crippen molar-refractivity contribution in [2.45, 2.75) is 69.5 Å². The Bertz CT molecular complexity index is 1610. The summed E-state index contributed by atoms with van der Waals surface area (Å²) in [6, 6.07) is 14.5. The normalized spacial score (nSPS) is 19.6. The average Bonchev–Trinajstić information content (AvgIpc) is 3.87. The smallest absolute Gasteiger partial charge is 0.258 e. The fourth-order valence-corrected chi connectivity index (χ4v) is 9.82. The zero-order valence-electron chi connectivity index (χ0n) is 25.0. The van der Waals surface area contributed by atoms with E-state index in [1.54, 1.807) is 18.2 Å². The fraction of sp³-hybridized carbons (Fsp3) is 0.412. The molecule has 1 aliphatic carbocycles. The summed E-state index contributed by atoms with van der Waals surface area (Å²) < 4.78 is 0. The molecule has 4 atom stereocenters. The van der Waals surface area contributed by atoms with Crippen LogP contribution < -0.4 is 5.32 Å². The van der Waals surface area contributed by atoms with E-state index in [2.05, 4.69) is 12.2 Å². The van der Waals surface area contributed by atoms with E-state index < -0.39 is 53.4 Å². The average molecular weight is 684 g/mol. The highest BCUT2D eigenvalue weighted by atomic mass is 32.1. The number of hydrogen-bond acceptors (Lipinski definition) is 10. The summed E-state index contributed by atoms with van der Waals surface area (Å²) in [5.41, 5.74) is -4.49. The molecule has 0 bridgehead atoms. The number of ketones is 2. The molecular weight excluding hydrogens is 647 g/mol. The van der Waals surface area contributed by atoms with Crippen molar-refractivity contribution in [1.82, 2.24) is 5.32 Å². The van der Waals surface area contributed by atoms with Gasteiger partial charge in [0.25, 0.3) is 5.91 Å². The van der Waals surface area contributed by atoms with E-state index in [0.29, 0.717) is 12.8 Å². The van der Waals surface area contributed by atoms with Gasteiger partial charge in [0.05, 0.1) is 11.8 Å². The number of nitrogens with one attached hydrogen (secondary N) is 1. The van der Waals surface area contributed by atoms with Crippen LogP contribution in [0.4, 0.5) is 0 Å². The third-order valence-corrected chi connectivity index (χ3v) is 13.0. The lowest BCUT2D eigenvalue weighted by atomic mass is 9.66. The molecule has 5 rings (SSSR count). The second-order valence-corrected chi connectivity index (χ2v) is 15.5. The Morgan fingerprint density at radius 2 is 1.36 bits per heavy atom. The van der Waals surface area contributed by atoms with Crippen molar-refractivity contribution in [3.63, 3.8) is 0 Å². The van der Waals surface area contributed by atoms with Crippen molar-refractivity contribution >= 4 is 69.1 Å². The van der Waals surface area contributed by atoms with Gasteiger partial charge >= 0.3 is 0 Å². The Kier molecular flexibility index (Phi) is 11.0. The summed E-state index contributed by atoms with van der Waals surface area (Å²) in [4.78, 5) is 58.0. The first-order valence-electron chi connectivity index (χ1n) is 15.3. The first-order chi connectivity index (χ1) is 21.7. The number of aldehydes is 1. The van der Waals surface area contributed by atoms with Crippen LogP contribution in [0.15, 0.2) is 59.3 Å². The number of thiophene rings is 4. The van der Waals surface area contributed by atoms with Crippen LogP contribution in [-0.4, -0.2) is 40.5 Å². The van der Waals surface area contributed by atoms with Gasteiger partial charge in [-0.2, -0.15) is 0 Å². The van der Waals surface area contributed by atoms with E-state index in [9.17, 15) is 29.4 Å². The van der Waals surface area contributed by atoms with Gasteiger partial charge in [-0.1, -0.05) is 51.2 Å². The van der Waals surface area contributed by atoms with Gasteiger partial charge in [-0.15, -0.1) is 45.3 Å². The molecule has 0 saturated heterocycles. The maximum Gasteiger partial charge on any atom is 0.258 e. The number of carbonyl (C=O) groups is 4. The SMILES string of the molecule is CCCCCCCCNC(=O)C(O)(c1ccc(-c2cccs2)s1)C1CC(=O)C(C(O)(C=O)c2ccc(-c3cccs3)s2)CC1=O. The molecular formula is C34H37NO6S4. The van der Waals surface area contributed by atoms with Crippen LogP contribution in [0.1, 0.15) is 68.0 Å². The van der Waals surface area contributed by atoms with Crippen LogP contribution in [-0.2, 0) is 30.4 Å². The minimum Gasteiger partial charge on any atom is -0.376 e. The Morgan fingerprint density at radius 1 is 0.800 bits per heavy atom. The highest BCUT2D eigenvalue weighted by molar-refractivity contribution is 7.22. The molecule has 238 valence electrons. The molecule has 4 heterocycles. The first-order valence-corrected chi connectivity index (χ1v) is 18.6. The lowest BCUT2D eigenvalue weighted by Crippen LogP contribution is -2.56. The maximum absolute atomic E-state index is 13.9. The van der Waals surface area contributed by atoms with Crippen LogP contribution in [0.5, 0.6) is 0 Å². The Hall–Kier alpha value is -2.80. The van der Waals surface area contributed by atoms with Crippen LogP contribution >= 0.6 is 45.3 Å². The number of Topliss-reactive ketones (excluding diaryl/α,β-unsaturated/α-hetero) is 2. The molecule has 45 heavy (non-hydrogen) atoms. The Balaban J connectivity index is 1.39. The molecule has 1 amide bonds. The van der Waals surface area contributed by atoms with Gasteiger partial charge in [-0.25, -0.2) is 0 Å². The first kappa shape index (κ1) is 33.6. The molecule has 0 spiro atoms. The van der Waals surface area contributed by atoms with Gasteiger partial charge in [0.1, 0.15) is 11.6 Å². The van der Waals surface area contributed by atoms with Gasteiger partial charge in [-0.05, 0) is 53.6 Å². The zero-order chi connectivity index (χ0) is 32.0. The van der Waals surface area contributed by atoms with Gasteiger partial charge in [-0.3, -0.25) is 19.2 Å². The number of rotatable bonds is 15. The zero-order valence-corrected chi connectivity index (χ0v) is 28.3. The summed E-state index contributed by atoms with van der Waals surface area (Å²) in [5.74, 6) is -4.49. The van der Waals surface area contributed by atoms with Gasteiger partial charge < -0.3 is 15.5 Å². The van der Waals surface area contributed by atoms with Gasteiger partial charge in [0, 0.05) is 48.6 Å². The molecule has 1 saturated carbocycles. The Labute approximate surface area is 279 Å². The number of hydrogen-bond donors (Lipinski definition) is 3. The van der Waals surface area contributed by atoms with Crippen LogP contribution in [0.2, 0.25) is 0 Å². The predicted molar refractivity (Wildman–Crippen MR) is 182 cm³/mol. The minimum absolute atomic E-state index is 0.274. The van der Waals surface area contributed by atoms with Crippen molar-refractivity contribution in [3.05, 3.63) is 69.0 Å². The molecule has 0 aromatic carbocycles. The topological polar surface area (TPSA) is 121 Å². The lowest BCUT2D eigenvalue weighted by molar-refractivity contribution is -0.165. The summed E-state index contributed by atoms with van der Waals surface area (Å²) in [7, 11) is 0. The molecule has 4 aromatic heterocycles. The van der Waals surface area contributed by atoms with E-state index >= 15 is 0 Å². The molecule has 0 aliphatic heterocycles. The predicted octanol–water partition coefficient (Wildman–Crippen LogP) is 7.18. The van der Waals surface area contributed by atoms with Crippen molar-refractivity contribution < 1.29 is 29.4 Å². The summed E-state index contributed by atoms with van der Waals surface area (Å²) in [5, 5.41) is 30.5. The van der Waals surface area contributed by atoms with Crippen LogP contribution in [0.3, 0.4) is 0 Å². The van der Waals surface area contributed by atoms with Crippen molar-refractivity contribution in [1.29, 1.82) is 0 Å². The molecule has 3 N–H and O–H groups in total. The molecule has 0 radical (unpaired) electrons. The van der Waals surface area contributed by atoms with Gasteiger partial charge in [0.15, 0.2) is 17.5 Å². The van der Waals surface area contributed by atoms with Crippen molar-refractivity contribution in [2.24, 2.45) is 11.8 Å². The summed E-state index contributed by atoms with van der Waals surface area (Å²) in [6.45, 7) is 2.49. The fourth-order valence-electron chi connectivity index (χ4n) is 5.89. The Morgan fingerprint density at radius 3 is 1.96 bits per heavy atom. The monoisotopic (exact) mass is 683 g/mol. The van der Waals surface area contributed by atoms with E-state index in [4.69, 9.17) is 0 Å². The molecule has 1 aliphatic rings. The van der Waals surface area contributed by atoms with E-state index in [1.807, 2.05) is 41.1 Å². The molecule has 4 unspecified atom stereocenters. The highest BCUT2D eigenvalue weighted by Gasteiger charge is 2.57. The summed E-state index contributed by atoms with van der Waals surface area (Å²) >= 11 is 5.46. The number of aliphatic hydroxyl groups is 2. The third kappa shape index (κ3) is 6.99. The van der Waals surface area contributed by atoms with Crippen molar-refractivity contribution in [2.75, 3.05) is 6.54 Å². The van der Waals surface area contributed by atoms with Crippen LogP contribution in [0.25, 0.3) is 19.5 Å². The standard InChI is InChI=1S/C34H37NO6S4/c1-2-3-4-5-6-7-16-35-32(39)34(41,31-15-13-29(45-31)27-11-9-18-43-27)23-20-24(37)22(19-25(23)38)33(40,21-36)30-14-12-28(44-30)26-10-8-17-42-26/h8-15,17-18,21-23,40-41H,2-7,16,19-20H2,1H3,(H,35,39). The maximum atomic E-state index is 13.9. The second kappa shape index (κ2) is 14.7. The van der Waals surface area contributed by atoms with Crippen molar-refractivity contribution in [3.8, 4) is 19.5 Å². The largest absolute Gasteiger partial charge is 0.376 e. The molecule has 11 heteroatoms. The summed E-state index contributed by atoms with van der Waals surface area (Å²) in [6.07, 6.45) is 5.54. The number of carbonyl (C=O) groups excluding carboxylic acids is 4. The number of unbranched alkanes of at least 4 members (excludes halogenated alkanes) is 5. The lowest BCUT2D eigenvalue weighted by Gasteiger charge is -2.39. The highest BCUT2D eigenvalue weighted by Crippen LogP contribution is 2.47. The van der Waals surface area contributed by atoms with Gasteiger partial charge in [0.2, 0.25) is 0 Å². The number of amides is 1. The van der Waals surface area contributed by atoms with Crippen LogP contribution in [0, 0.1) is 11.8 Å².